The van der Waals surface area contributed by atoms with Crippen molar-refractivity contribution in [2.75, 3.05) is 32.9 Å². The van der Waals surface area contributed by atoms with Gasteiger partial charge >= 0.3 is 0 Å². The monoisotopic (exact) mass is 345 g/mol. The molecule has 0 saturated carbocycles. The van der Waals surface area contributed by atoms with E-state index in [4.69, 9.17) is 4.42 Å². The minimum absolute atomic E-state index is 0.443. The van der Waals surface area contributed by atoms with Crippen LogP contribution >= 0.6 is 0 Å². The van der Waals surface area contributed by atoms with Gasteiger partial charge in [0, 0.05) is 26.7 Å². The zero-order valence-electron chi connectivity index (χ0n) is 14.5. The van der Waals surface area contributed by atoms with Gasteiger partial charge in [-0.05, 0) is 20.3 Å². The number of aromatic nitrogens is 1. The van der Waals surface area contributed by atoms with Gasteiger partial charge < -0.3 is 15.1 Å². The van der Waals surface area contributed by atoms with E-state index in [0.29, 0.717) is 44.5 Å². The Morgan fingerprint density at radius 2 is 2.04 bits per heavy atom. The van der Waals surface area contributed by atoms with Crippen molar-refractivity contribution in [2.45, 2.75) is 33.7 Å². The van der Waals surface area contributed by atoms with E-state index < -0.39 is 10.0 Å². The normalized spacial score (nSPS) is 12.7. The number of sulfonamides is 1. The van der Waals surface area contributed by atoms with Gasteiger partial charge in [0.25, 0.3) is 0 Å². The number of aliphatic imine (C=N–C) groups is 1. The van der Waals surface area contributed by atoms with E-state index in [1.807, 2.05) is 20.8 Å². The number of nitrogens with one attached hydrogen (secondary N) is 2. The molecule has 2 N–H and O–H groups in total. The molecule has 1 rings (SSSR count). The maximum absolute atomic E-state index is 11.5. The second-order valence-electron chi connectivity index (χ2n) is 5.21. The van der Waals surface area contributed by atoms with Crippen LogP contribution in [-0.2, 0) is 16.6 Å². The van der Waals surface area contributed by atoms with E-state index in [0.717, 1.165) is 11.5 Å². The highest BCUT2D eigenvalue weighted by molar-refractivity contribution is 7.88. The summed E-state index contributed by atoms with van der Waals surface area (Å²) in [6, 6.07) is 0. The Balaban J connectivity index is 2.34. The number of hydrogen-bond acceptors (Lipinski definition) is 5. The molecule has 9 heteroatoms. The molecule has 0 aliphatic carbocycles. The van der Waals surface area contributed by atoms with Crippen molar-refractivity contribution in [3.8, 4) is 0 Å². The van der Waals surface area contributed by atoms with Gasteiger partial charge in [-0.15, -0.1) is 0 Å². The number of oxazole rings is 1. The summed E-state index contributed by atoms with van der Waals surface area (Å²) in [5.74, 6) is 2.04. The van der Waals surface area contributed by atoms with Crippen molar-refractivity contribution in [1.82, 2.24) is 19.9 Å². The fourth-order valence-corrected chi connectivity index (χ4v) is 2.95. The number of rotatable bonds is 8. The van der Waals surface area contributed by atoms with Crippen molar-refractivity contribution in [2.24, 2.45) is 4.99 Å². The molecule has 1 aromatic rings. The summed E-state index contributed by atoms with van der Waals surface area (Å²) in [5.41, 5.74) is 0.880. The number of nitrogens with zero attached hydrogens (tertiary/aromatic N) is 3. The molecule has 0 fully saturated rings. The SMILES string of the molecule is CCN(CCCNC(=NC)NCc1nc(C)c(C)o1)S(C)(=O)=O. The maximum atomic E-state index is 11.5. The van der Waals surface area contributed by atoms with Crippen molar-refractivity contribution in [3.05, 3.63) is 17.3 Å². The lowest BCUT2D eigenvalue weighted by Crippen LogP contribution is -2.39. The first-order chi connectivity index (χ1) is 10.8. The Morgan fingerprint density at radius 1 is 1.35 bits per heavy atom. The molecule has 0 atom stereocenters. The van der Waals surface area contributed by atoms with Crippen LogP contribution in [0, 0.1) is 13.8 Å². The first kappa shape index (κ1) is 19.4. The fraction of sp³-hybridized carbons (Fsp3) is 0.714. The third kappa shape index (κ3) is 6.57. The van der Waals surface area contributed by atoms with E-state index in [-0.39, 0.29) is 0 Å². The van der Waals surface area contributed by atoms with E-state index in [2.05, 4.69) is 20.6 Å². The predicted octanol–water partition coefficient (Wildman–Crippen LogP) is 0.628. The standard InChI is InChI=1S/C14H27N5O3S/c1-6-19(23(5,20)21)9-7-8-16-14(15-4)17-10-13-18-11(2)12(3)22-13/h6-10H2,1-5H3,(H2,15,16,17). The third-order valence-electron chi connectivity index (χ3n) is 3.40. The number of aryl methyl sites for hydroxylation is 2. The van der Waals surface area contributed by atoms with Gasteiger partial charge in [-0.25, -0.2) is 17.7 Å². The van der Waals surface area contributed by atoms with E-state index in [1.165, 1.54) is 10.6 Å². The summed E-state index contributed by atoms with van der Waals surface area (Å²) in [7, 11) is -1.45. The van der Waals surface area contributed by atoms with Crippen LogP contribution < -0.4 is 10.6 Å². The highest BCUT2D eigenvalue weighted by Crippen LogP contribution is 2.07. The Morgan fingerprint density at radius 3 is 2.52 bits per heavy atom. The van der Waals surface area contributed by atoms with Crippen LogP contribution in [0.3, 0.4) is 0 Å². The Bertz CT molecular complexity index is 605. The molecule has 0 unspecified atom stereocenters. The van der Waals surface area contributed by atoms with Crippen LogP contribution in [0.4, 0.5) is 0 Å². The van der Waals surface area contributed by atoms with Crippen molar-refractivity contribution < 1.29 is 12.8 Å². The fourth-order valence-electron chi connectivity index (χ4n) is 2.02. The Hall–Kier alpha value is -1.61. The van der Waals surface area contributed by atoms with Crippen LogP contribution in [0.15, 0.2) is 9.41 Å². The predicted molar refractivity (Wildman–Crippen MR) is 90.9 cm³/mol. The topological polar surface area (TPSA) is 99.8 Å². The molecule has 0 aliphatic heterocycles. The number of guanidine groups is 1. The minimum Gasteiger partial charge on any atom is -0.444 e. The summed E-state index contributed by atoms with van der Waals surface area (Å²) in [6.45, 7) is 7.63. The smallest absolute Gasteiger partial charge is 0.214 e. The molecule has 8 nitrogen and oxygen atoms in total. The highest BCUT2D eigenvalue weighted by atomic mass is 32.2. The molecule has 132 valence electrons. The summed E-state index contributed by atoms with van der Waals surface area (Å²) < 4.78 is 29.9. The molecule has 0 amide bonds. The van der Waals surface area contributed by atoms with Crippen molar-refractivity contribution >= 4 is 16.0 Å². The molecule has 0 bridgehead atoms. The van der Waals surface area contributed by atoms with Crippen LogP contribution in [0.2, 0.25) is 0 Å². The van der Waals surface area contributed by atoms with Gasteiger partial charge in [0.1, 0.15) is 5.76 Å². The van der Waals surface area contributed by atoms with Gasteiger partial charge in [0.15, 0.2) is 5.96 Å². The van der Waals surface area contributed by atoms with Crippen molar-refractivity contribution in [1.29, 1.82) is 0 Å². The quantitative estimate of drug-likeness (QED) is 0.407. The summed E-state index contributed by atoms with van der Waals surface area (Å²) >= 11 is 0. The molecule has 0 aliphatic rings. The van der Waals surface area contributed by atoms with Gasteiger partial charge in [-0.1, -0.05) is 6.92 Å². The highest BCUT2D eigenvalue weighted by Gasteiger charge is 2.13. The molecule has 0 saturated heterocycles. The average molecular weight is 345 g/mol. The second-order valence-corrected chi connectivity index (χ2v) is 7.19. The number of hydrogen-bond donors (Lipinski definition) is 2. The second kappa shape index (κ2) is 8.88. The first-order valence-electron chi connectivity index (χ1n) is 7.60. The Kier molecular flexibility index (Phi) is 7.50. The van der Waals surface area contributed by atoms with Gasteiger partial charge in [-0.3, -0.25) is 4.99 Å². The molecule has 0 aromatic carbocycles. The lowest BCUT2D eigenvalue weighted by molar-refractivity contribution is 0.423. The minimum atomic E-state index is -3.13. The summed E-state index contributed by atoms with van der Waals surface area (Å²) in [4.78, 5) is 8.40. The largest absolute Gasteiger partial charge is 0.444 e. The van der Waals surface area contributed by atoms with Crippen LogP contribution in [0.1, 0.15) is 30.7 Å². The van der Waals surface area contributed by atoms with Crippen LogP contribution in [0.5, 0.6) is 0 Å². The lowest BCUT2D eigenvalue weighted by Gasteiger charge is -2.18. The summed E-state index contributed by atoms with van der Waals surface area (Å²) in [6.07, 6.45) is 1.92. The molecule has 0 spiro atoms. The lowest BCUT2D eigenvalue weighted by atomic mass is 10.4. The summed E-state index contributed by atoms with van der Waals surface area (Å²) in [5, 5.41) is 6.25. The molecule has 1 aromatic heterocycles. The van der Waals surface area contributed by atoms with E-state index >= 15 is 0 Å². The van der Waals surface area contributed by atoms with Gasteiger partial charge in [0.2, 0.25) is 15.9 Å². The first-order valence-corrected chi connectivity index (χ1v) is 9.45. The molecule has 1 heterocycles. The van der Waals surface area contributed by atoms with Gasteiger partial charge in [0.05, 0.1) is 18.5 Å². The average Bonchev–Trinajstić information content (AvgIpc) is 2.79. The Labute approximate surface area is 138 Å². The third-order valence-corrected chi connectivity index (χ3v) is 4.78. The molecule has 0 radical (unpaired) electrons. The van der Waals surface area contributed by atoms with Gasteiger partial charge in [-0.2, -0.15) is 0 Å². The van der Waals surface area contributed by atoms with E-state index in [1.54, 1.807) is 7.05 Å². The van der Waals surface area contributed by atoms with Crippen LogP contribution in [0.25, 0.3) is 0 Å². The van der Waals surface area contributed by atoms with Crippen molar-refractivity contribution in [3.63, 3.8) is 0 Å². The van der Waals surface area contributed by atoms with E-state index in [9.17, 15) is 8.42 Å². The maximum Gasteiger partial charge on any atom is 0.214 e. The molecular weight excluding hydrogens is 318 g/mol. The zero-order valence-corrected chi connectivity index (χ0v) is 15.3. The van der Waals surface area contributed by atoms with Crippen LogP contribution in [-0.4, -0.2) is 56.6 Å². The zero-order chi connectivity index (χ0) is 17.5. The molecule has 23 heavy (non-hydrogen) atoms. The molecular formula is C14H27N5O3S.